The molecule has 4 nitrogen and oxygen atoms in total. The normalized spacial score (nSPS) is 13.9. The van der Waals surface area contributed by atoms with Gasteiger partial charge in [0, 0.05) is 22.7 Å². The first-order valence-electron chi connectivity index (χ1n) is 8.66. The first kappa shape index (κ1) is 18.9. The Balaban J connectivity index is 1.90. The maximum atomic E-state index is 12.8. The summed E-state index contributed by atoms with van der Waals surface area (Å²) >= 11 is 12.4. The molecule has 0 radical (unpaired) electrons. The Hall–Kier alpha value is -2.44. The van der Waals surface area contributed by atoms with Crippen LogP contribution in [0.5, 0.6) is 0 Å². The molecule has 1 aromatic heterocycles. The molecule has 0 aliphatic carbocycles. The minimum atomic E-state index is -2.59. The van der Waals surface area contributed by atoms with Crippen LogP contribution in [0.1, 0.15) is 16.1 Å². The maximum Gasteiger partial charge on any atom is 0.274 e. The largest absolute Gasteiger partial charge is 0.331 e. The first-order chi connectivity index (χ1) is 13.5. The lowest BCUT2D eigenvalue weighted by molar-refractivity contribution is 0.0532. The number of hydrogen-bond acceptors (Lipinski definition) is 2. The fraction of sp³-hybridized carbons (Fsp3) is 0.200. The van der Waals surface area contributed by atoms with Crippen LogP contribution in [-0.2, 0) is 6.42 Å². The van der Waals surface area contributed by atoms with Gasteiger partial charge in [-0.05, 0) is 30.7 Å². The fourth-order valence-corrected chi connectivity index (χ4v) is 3.74. The highest BCUT2D eigenvalue weighted by atomic mass is 35.5. The molecule has 1 aliphatic heterocycles. The summed E-state index contributed by atoms with van der Waals surface area (Å²) in [6, 6.07) is 14.3. The second-order valence-corrected chi connectivity index (χ2v) is 7.28. The Labute approximate surface area is 170 Å². The van der Waals surface area contributed by atoms with Gasteiger partial charge in [0.15, 0.2) is 5.69 Å². The second-order valence-electron chi connectivity index (χ2n) is 6.44. The van der Waals surface area contributed by atoms with Crippen LogP contribution in [0.25, 0.3) is 16.9 Å². The van der Waals surface area contributed by atoms with Crippen LogP contribution in [0, 0.1) is 0 Å². The van der Waals surface area contributed by atoms with Crippen molar-refractivity contribution < 1.29 is 13.6 Å². The van der Waals surface area contributed by atoms with Crippen molar-refractivity contribution in [3.63, 3.8) is 0 Å². The molecule has 0 unspecified atom stereocenters. The van der Waals surface area contributed by atoms with Gasteiger partial charge in [0.2, 0.25) is 0 Å². The third-order valence-electron chi connectivity index (χ3n) is 4.66. The average Bonchev–Trinajstić information content (AvgIpc) is 3.05. The molecule has 0 saturated carbocycles. The Morgan fingerprint density at radius 1 is 1.07 bits per heavy atom. The second kappa shape index (κ2) is 7.53. The Morgan fingerprint density at radius 2 is 1.79 bits per heavy atom. The Morgan fingerprint density at radius 3 is 2.46 bits per heavy atom. The zero-order valence-electron chi connectivity index (χ0n) is 14.6. The average molecular weight is 422 g/mol. The SMILES string of the molecule is O=C1c2nn(-c3ccccc3Cl)c(-c3ccc(Cl)cc3)c2CCN1CC(F)F. The number of aromatic nitrogens is 2. The maximum absolute atomic E-state index is 12.8. The van der Waals surface area contributed by atoms with Crippen LogP contribution in [0.2, 0.25) is 10.0 Å². The lowest BCUT2D eigenvalue weighted by atomic mass is 9.99. The summed E-state index contributed by atoms with van der Waals surface area (Å²) in [5.41, 5.74) is 3.03. The number of amides is 1. The monoisotopic (exact) mass is 421 g/mol. The van der Waals surface area contributed by atoms with Crippen molar-refractivity contribution >= 4 is 29.1 Å². The van der Waals surface area contributed by atoms with E-state index in [1.165, 1.54) is 0 Å². The standard InChI is InChI=1S/C20H15Cl2F2N3O/c21-13-7-5-12(6-8-13)19-14-9-10-26(11-17(23)24)20(28)18(14)25-27(19)16-4-2-1-3-15(16)22/h1-8,17H,9-11H2. The number of carbonyl (C=O) groups is 1. The number of halogens is 4. The zero-order valence-corrected chi connectivity index (χ0v) is 16.1. The van der Waals surface area contributed by atoms with Gasteiger partial charge in [-0.25, -0.2) is 13.5 Å². The van der Waals surface area contributed by atoms with Crippen molar-refractivity contribution in [3.05, 3.63) is 69.8 Å². The van der Waals surface area contributed by atoms with Gasteiger partial charge in [-0.15, -0.1) is 0 Å². The van der Waals surface area contributed by atoms with E-state index in [4.69, 9.17) is 23.2 Å². The number of fused-ring (bicyclic) bond motifs is 1. The van der Waals surface area contributed by atoms with Gasteiger partial charge in [0.05, 0.1) is 22.9 Å². The molecule has 0 bridgehead atoms. The predicted molar refractivity (Wildman–Crippen MR) is 105 cm³/mol. The van der Waals surface area contributed by atoms with E-state index in [1.54, 1.807) is 35.0 Å². The van der Waals surface area contributed by atoms with E-state index in [-0.39, 0.29) is 12.2 Å². The molecule has 4 rings (SSSR count). The summed E-state index contributed by atoms with van der Waals surface area (Å²) in [7, 11) is 0. The van der Waals surface area contributed by atoms with Gasteiger partial charge >= 0.3 is 0 Å². The van der Waals surface area contributed by atoms with E-state index in [2.05, 4.69) is 5.10 Å². The summed E-state index contributed by atoms with van der Waals surface area (Å²) in [5, 5.41) is 5.53. The van der Waals surface area contributed by atoms with Crippen LogP contribution in [0.4, 0.5) is 8.78 Å². The highest BCUT2D eigenvalue weighted by molar-refractivity contribution is 6.32. The lowest BCUT2D eigenvalue weighted by Gasteiger charge is -2.25. The van der Waals surface area contributed by atoms with Crippen LogP contribution < -0.4 is 0 Å². The van der Waals surface area contributed by atoms with Gasteiger partial charge in [-0.3, -0.25) is 4.79 Å². The van der Waals surface area contributed by atoms with Crippen LogP contribution in [0.15, 0.2) is 48.5 Å². The first-order valence-corrected chi connectivity index (χ1v) is 9.41. The van der Waals surface area contributed by atoms with Crippen LogP contribution in [0.3, 0.4) is 0 Å². The van der Waals surface area contributed by atoms with Gasteiger partial charge in [-0.2, -0.15) is 5.10 Å². The molecule has 0 fully saturated rings. The molecule has 0 N–H and O–H groups in total. The smallest absolute Gasteiger partial charge is 0.274 e. The number of alkyl halides is 2. The quantitative estimate of drug-likeness (QED) is 0.586. The molecule has 8 heteroatoms. The lowest BCUT2D eigenvalue weighted by Crippen LogP contribution is -2.40. The number of carbonyl (C=O) groups excluding carboxylic acids is 1. The van der Waals surface area contributed by atoms with Crippen LogP contribution in [-0.4, -0.2) is 40.1 Å². The molecule has 3 aromatic rings. The summed E-state index contributed by atoms with van der Waals surface area (Å²) in [5.74, 6) is -0.498. The number of benzene rings is 2. The molecular formula is C20H15Cl2F2N3O. The van der Waals surface area contributed by atoms with Gasteiger partial charge < -0.3 is 4.90 Å². The van der Waals surface area contributed by atoms with Crippen molar-refractivity contribution in [2.45, 2.75) is 12.8 Å². The summed E-state index contributed by atoms with van der Waals surface area (Å²) in [6.07, 6.45) is -2.16. The Bertz CT molecular complexity index is 1030. The molecule has 2 aromatic carbocycles. The van der Waals surface area contributed by atoms with E-state index >= 15 is 0 Å². The van der Waals surface area contributed by atoms with Crippen molar-refractivity contribution in [1.82, 2.24) is 14.7 Å². The minimum absolute atomic E-state index is 0.178. The number of hydrogen-bond donors (Lipinski definition) is 0. The van der Waals surface area contributed by atoms with E-state index in [0.717, 1.165) is 16.0 Å². The van der Waals surface area contributed by atoms with Crippen molar-refractivity contribution in [2.24, 2.45) is 0 Å². The summed E-state index contributed by atoms with van der Waals surface area (Å²) in [6.45, 7) is -0.390. The molecule has 28 heavy (non-hydrogen) atoms. The third-order valence-corrected chi connectivity index (χ3v) is 5.23. The zero-order chi connectivity index (χ0) is 19.8. The van der Waals surface area contributed by atoms with Gasteiger partial charge in [-0.1, -0.05) is 47.5 Å². The number of rotatable bonds is 4. The summed E-state index contributed by atoms with van der Waals surface area (Å²) < 4.78 is 27.3. The van der Waals surface area contributed by atoms with Crippen molar-refractivity contribution in [3.8, 4) is 16.9 Å². The van der Waals surface area contributed by atoms with E-state index < -0.39 is 18.9 Å². The third kappa shape index (κ3) is 3.38. The summed E-state index contributed by atoms with van der Waals surface area (Å²) in [4.78, 5) is 13.9. The molecule has 0 spiro atoms. The topological polar surface area (TPSA) is 38.1 Å². The molecule has 1 amide bonds. The molecular weight excluding hydrogens is 407 g/mol. The molecule has 2 heterocycles. The van der Waals surface area contributed by atoms with E-state index in [0.29, 0.717) is 27.8 Å². The Kier molecular flexibility index (Phi) is 5.08. The molecule has 144 valence electrons. The van der Waals surface area contributed by atoms with E-state index in [1.807, 2.05) is 18.2 Å². The predicted octanol–water partition coefficient (Wildman–Crippen LogP) is 5.11. The highest BCUT2D eigenvalue weighted by Gasteiger charge is 2.33. The van der Waals surface area contributed by atoms with Gasteiger partial charge in [0.25, 0.3) is 12.3 Å². The van der Waals surface area contributed by atoms with E-state index in [9.17, 15) is 13.6 Å². The molecule has 1 aliphatic rings. The molecule has 0 atom stereocenters. The highest BCUT2D eigenvalue weighted by Crippen LogP contribution is 2.35. The number of nitrogens with zero attached hydrogens (tertiary/aromatic N) is 3. The minimum Gasteiger partial charge on any atom is -0.331 e. The molecule has 0 saturated heterocycles. The van der Waals surface area contributed by atoms with Gasteiger partial charge in [0.1, 0.15) is 0 Å². The number of para-hydroxylation sites is 1. The van der Waals surface area contributed by atoms with Crippen molar-refractivity contribution in [2.75, 3.05) is 13.1 Å². The fourth-order valence-electron chi connectivity index (χ4n) is 3.40. The van der Waals surface area contributed by atoms with Crippen molar-refractivity contribution in [1.29, 1.82) is 0 Å². The van der Waals surface area contributed by atoms with Crippen LogP contribution >= 0.6 is 23.2 Å².